The summed E-state index contributed by atoms with van der Waals surface area (Å²) in [5.41, 5.74) is 0.0978. The monoisotopic (exact) mass is 186 g/mol. The van der Waals surface area contributed by atoms with E-state index in [-0.39, 0.29) is 29.5 Å². The van der Waals surface area contributed by atoms with Crippen LogP contribution in [0, 0.1) is 17.3 Å². The van der Waals surface area contributed by atoms with Gasteiger partial charge in [-0.1, -0.05) is 27.7 Å². The molecule has 1 saturated carbocycles. The van der Waals surface area contributed by atoms with E-state index in [4.69, 9.17) is 0 Å². The van der Waals surface area contributed by atoms with Crippen molar-refractivity contribution in [2.45, 2.75) is 52.7 Å². The van der Waals surface area contributed by atoms with Crippen LogP contribution in [0.25, 0.3) is 0 Å². The minimum atomic E-state index is -0.238. The SMILES string of the molecule is CC1CC(O)C(C(C)(C)C)CC1O. The molecule has 0 heterocycles. The highest BCUT2D eigenvalue weighted by atomic mass is 16.3. The lowest BCUT2D eigenvalue weighted by Crippen LogP contribution is -2.43. The molecule has 1 aliphatic carbocycles. The molecule has 2 N–H and O–H groups in total. The van der Waals surface area contributed by atoms with E-state index in [1.807, 2.05) is 6.92 Å². The fraction of sp³-hybridized carbons (Fsp3) is 1.00. The van der Waals surface area contributed by atoms with Crippen molar-refractivity contribution in [1.29, 1.82) is 0 Å². The van der Waals surface area contributed by atoms with Crippen molar-refractivity contribution in [3.05, 3.63) is 0 Å². The van der Waals surface area contributed by atoms with Crippen LogP contribution in [0.5, 0.6) is 0 Å². The second-order valence-electron chi connectivity index (χ2n) is 5.56. The summed E-state index contributed by atoms with van der Waals surface area (Å²) in [4.78, 5) is 0. The molecule has 1 fully saturated rings. The van der Waals surface area contributed by atoms with Crippen molar-refractivity contribution in [2.75, 3.05) is 0 Å². The Morgan fingerprint density at radius 3 is 2.00 bits per heavy atom. The van der Waals surface area contributed by atoms with E-state index < -0.39 is 0 Å². The Balaban J connectivity index is 2.67. The average Bonchev–Trinajstić information content (AvgIpc) is 1.94. The van der Waals surface area contributed by atoms with Gasteiger partial charge in [0.15, 0.2) is 0 Å². The molecule has 0 spiro atoms. The van der Waals surface area contributed by atoms with E-state index >= 15 is 0 Å². The van der Waals surface area contributed by atoms with Crippen molar-refractivity contribution in [3.8, 4) is 0 Å². The Morgan fingerprint density at radius 1 is 1.00 bits per heavy atom. The maximum atomic E-state index is 9.88. The zero-order chi connectivity index (χ0) is 10.2. The van der Waals surface area contributed by atoms with Crippen LogP contribution in [0.3, 0.4) is 0 Å². The predicted octanol–water partition coefficient (Wildman–Crippen LogP) is 1.80. The Bertz CT molecular complexity index is 171. The first-order valence-corrected chi connectivity index (χ1v) is 5.18. The quantitative estimate of drug-likeness (QED) is 0.605. The smallest absolute Gasteiger partial charge is 0.0577 e. The average molecular weight is 186 g/mol. The molecule has 0 aromatic carbocycles. The van der Waals surface area contributed by atoms with E-state index in [2.05, 4.69) is 20.8 Å². The summed E-state index contributed by atoms with van der Waals surface area (Å²) in [7, 11) is 0. The van der Waals surface area contributed by atoms with Crippen LogP contribution >= 0.6 is 0 Å². The summed E-state index contributed by atoms with van der Waals surface area (Å²) in [6.07, 6.45) is 1.01. The van der Waals surface area contributed by atoms with Crippen molar-refractivity contribution in [1.82, 2.24) is 0 Å². The highest BCUT2D eigenvalue weighted by Crippen LogP contribution is 2.39. The summed E-state index contributed by atoms with van der Waals surface area (Å²) in [6.45, 7) is 8.39. The molecule has 1 rings (SSSR count). The number of aliphatic hydroxyl groups excluding tert-OH is 2. The van der Waals surface area contributed by atoms with E-state index in [1.165, 1.54) is 0 Å². The summed E-state index contributed by atoms with van der Waals surface area (Å²) >= 11 is 0. The molecule has 0 aromatic heterocycles. The van der Waals surface area contributed by atoms with Crippen LogP contribution in [-0.2, 0) is 0 Å². The van der Waals surface area contributed by atoms with Gasteiger partial charge in [-0.3, -0.25) is 0 Å². The molecule has 0 aliphatic heterocycles. The molecule has 0 bridgehead atoms. The third kappa shape index (κ3) is 2.44. The Labute approximate surface area is 81.0 Å². The summed E-state index contributed by atoms with van der Waals surface area (Å²) in [5.74, 6) is 0.479. The second kappa shape index (κ2) is 3.58. The van der Waals surface area contributed by atoms with Crippen LogP contribution in [0.1, 0.15) is 40.5 Å². The van der Waals surface area contributed by atoms with Gasteiger partial charge in [0, 0.05) is 0 Å². The molecular weight excluding hydrogens is 164 g/mol. The Kier molecular flexibility index (Phi) is 3.03. The first kappa shape index (κ1) is 11.0. The van der Waals surface area contributed by atoms with E-state index in [0.717, 1.165) is 12.8 Å². The summed E-state index contributed by atoms with van der Waals surface area (Å²) in [5, 5.41) is 19.6. The molecule has 0 aromatic rings. The molecule has 0 radical (unpaired) electrons. The van der Waals surface area contributed by atoms with Gasteiger partial charge in [-0.15, -0.1) is 0 Å². The lowest BCUT2D eigenvalue weighted by Gasteiger charge is -2.42. The number of rotatable bonds is 0. The van der Waals surface area contributed by atoms with Gasteiger partial charge < -0.3 is 10.2 Å². The van der Waals surface area contributed by atoms with Crippen LogP contribution < -0.4 is 0 Å². The van der Waals surface area contributed by atoms with E-state index in [0.29, 0.717) is 0 Å². The molecule has 0 saturated heterocycles. The van der Waals surface area contributed by atoms with Gasteiger partial charge in [0.2, 0.25) is 0 Å². The molecule has 1 aliphatic rings. The molecule has 4 atom stereocenters. The van der Waals surface area contributed by atoms with Gasteiger partial charge in [-0.2, -0.15) is 0 Å². The minimum absolute atomic E-state index is 0.0978. The Morgan fingerprint density at radius 2 is 1.54 bits per heavy atom. The first-order valence-electron chi connectivity index (χ1n) is 5.18. The molecular formula is C11H22O2. The molecule has 2 nitrogen and oxygen atoms in total. The second-order valence-corrected chi connectivity index (χ2v) is 5.56. The van der Waals surface area contributed by atoms with Gasteiger partial charge in [0.25, 0.3) is 0 Å². The van der Waals surface area contributed by atoms with Crippen LogP contribution in [0.15, 0.2) is 0 Å². The maximum absolute atomic E-state index is 9.88. The standard InChI is InChI=1S/C11H22O2/c1-7-5-10(13)8(6-9(7)12)11(2,3)4/h7-10,12-13H,5-6H2,1-4H3. The minimum Gasteiger partial charge on any atom is -0.393 e. The zero-order valence-electron chi connectivity index (χ0n) is 9.12. The van der Waals surface area contributed by atoms with E-state index in [1.54, 1.807) is 0 Å². The number of hydrogen-bond donors (Lipinski definition) is 2. The highest BCUT2D eigenvalue weighted by molar-refractivity contribution is 4.89. The number of aliphatic hydroxyl groups is 2. The fourth-order valence-corrected chi connectivity index (χ4v) is 2.28. The van der Waals surface area contributed by atoms with Crippen LogP contribution in [0.2, 0.25) is 0 Å². The summed E-state index contributed by atoms with van der Waals surface area (Å²) < 4.78 is 0. The zero-order valence-corrected chi connectivity index (χ0v) is 9.12. The van der Waals surface area contributed by atoms with Crippen molar-refractivity contribution >= 4 is 0 Å². The van der Waals surface area contributed by atoms with Crippen molar-refractivity contribution in [2.24, 2.45) is 17.3 Å². The van der Waals surface area contributed by atoms with Crippen molar-refractivity contribution < 1.29 is 10.2 Å². The first-order chi connectivity index (χ1) is 5.82. The lowest BCUT2D eigenvalue weighted by atomic mass is 9.67. The van der Waals surface area contributed by atoms with Gasteiger partial charge in [0.05, 0.1) is 12.2 Å². The predicted molar refractivity (Wildman–Crippen MR) is 53.4 cm³/mol. The lowest BCUT2D eigenvalue weighted by molar-refractivity contribution is -0.0628. The normalized spacial score (nSPS) is 42.0. The molecule has 0 amide bonds. The largest absolute Gasteiger partial charge is 0.393 e. The maximum Gasteiger partial charge on any atom is 0.0577 e. The van der Waals surface area contributed by atoms with Crippen LogP contribution in [0.4, 0.5) is 0 Å². The molecule has 2 heteroatoms. The third-order valence-electron chi connectivity index (χ3n) is 3.34. The third-order valence-corrected chi connectivity index (χ3v) is 3.34. The van der Waals surface area contributed by atoms with Crippen molar-refractivity contribution in [3.63, 3.8) is 0 Å². The molecule has 4 unspecified atom stereocenters. The fourth-order valence-electron chi connectivity index (χ4n) is 2.28. The van der Waals surface area contributed by atoms with Gasteiger partial charge in [-0.25, -0.2) is 0 Å². The van der Waals surface area contributed by atoms with Gasteiger partial charge in [0.1, 0.15) is 0 Å². The summed E-state index contributed by atoms with van der Waals surface area (Å²) in [6, 6.07) is 0. The van der Waals surface area contributed by atoms with Gasteiger partial charge >= 0.3 is 0 Å². The van der Waals surface area contributed by atoms with E-state index in [9.17, 15) is 10.2 Å². The molecule has 13 heavy (non-hydrogen) atoms. The van der Waals surface area contributed by atoms with Crippen LogP contribution in [-0.4, -0.2) is 22.4 Å². The van der Waals surface area contributed by atoms with Gasteiger partial charge in [-0.05, 0) is 30.1 Å². The Hall–Kier alpha value is -0.0800. The topological polar surface area (TPSA) is 40.5 Å². The highest BCUT2D eigenvalue weighted by Gasteiger charge is 2.39. The molecule has 78 valence electrons. The number of hydrogen-bond acceptors (Lipinski definition) is 2.